The molecule has 4 rings (SSSR count). The van der Waals surface area contributed by atoms with Crippen molar-refractivity contribution in [2.24, 2.45) is 0 Å². The van der Waals surface area contributed by atoms with Crippen LogP contribution in [0.2, 0.25) is 0 Å². The molecule has 0 N–H and O–H groups in total. The second-order valence-electron chi connectivity index (χ2n) is 6.74. The minimum Gasteiger partial charge on any atom is -0.337 e. The molecule has 1 aromatic heterocycles. The summed E-state index contributed by atoms with van der Waals surface area (Å²) in [5.41, 5.74) is 4.16. The molecule has 26 heavy (non-hydrogen) atoms. The monoisotopic (exact) mass is 347 g/mol. The van der Waals surface area contributed by atoms with Crippen molar-refractivity contribution < 1.29 is 9.18 Å². The maximum atomic E-state index is 13.3. The van der Waals surface area contributed by atoms with Crippen LogP contribution in [0.25, 0.3) is 6.08 Å². The number of aromatic nitrogens is 1. The van der Waals surface area contributed by atoms with E-state index in [0.29, 0.717) is 37.2 Å². The predicted molar refractivity (Wildman–Crippen MR) is 96.3 cm³/mol. The van der Waals surface area contributed by atoms with Gasteiger partial charge in [-0.05, 0) is 47.7 Å². The second kappa shape index (κ2) is 6.72. The summed E-state index contributed by atoms with van der Waals surface area (Å²) in [5.74, 6) is -0.0494. The third kappa shape index (κ3) is 2.99. The molecule has 0 spiro atoms. The number of hydrogen-bond acceptors (Lipinski definition) is 3. The van der Waals surface area contributed by atoms with Crippen LogP contribution in [0.5, 0.6) is 0 Å². The van der Waals surface area contributed by atoms with Gasteiger partial charge in [0, 0.05) is 25.2 Å². The summed E-state index contributed by atoms with van der Waals surface area (Å²) in [6.07, 6.45) is 5.84. The van der Waals surface area contributed by atoms with Gasteiger partial charge in [0.25, 0.3) is 5.91 Å². The van der Waals surface area contributed by atoms with Crippen molar-refractivity contribution in [3.63, 3.8) is 0 Å². The standard InChI is InChI=1S/C21H18FN3O/c22-17-7-9-25(10-8-17)21(26)20-11-16-5-6-18(19(16)13-24-20)15-3-1-14(12-23)2-4-15/h1-6,11,13,17-18H,7-10H2. The topological polar surface area (TPSA) is 57.0 Å². The van der Waals surface area contributed by atoms with E-state index in [1.165, 1.54) is 0 Å². The van der Waals surface area contributed by atoms with Crippen molar-refractivity contribution in [1.29, 1.82) is 5.26 Å². The Balaban J connectivity index is 1.56. The normalized spacial score (nSPS) is 19.2. The van der Waals surface area contributed by atoms with E-state index < -0.39 is 6.17 Å². The van der Waals surface area contributed by atoms with Crippen LogP contribution in [-0.2, 0) is 0 Å². The lowest BCUT2D eigenvalue weighted by atomic mass is 9.93. The van der Waals surface area contributed by atoms with Crippen LogP contribution in [0.1, 0.15) is 51.5 Å². The zero-order chi connectivity index (χ0) is 18.1. The first-order valence-corrected chi connectivity index (χ1v) is 8.77. The summed E-state index contributed by atoms with van der Waals surface area (Å²) < 4.78 is 13.3. The first kappa shape index (κ1) is 16.5. The molecule has 1 aliphatic heterocycles. The summed E-state index contributed by atoms with van der Waals surface area (Å²) in [5, 5.41) is 8.93. The van der Waals surface area contributed by atoms with E-state index in [1.54, 1.807) is 23.2 Å². The second-order valence-corrected chi connectivity index (χ2v) is 6.74. The van der Waals surface area contributed by atoms with Gasteiger partial charge >= 0.3 is 0 Å². The van der Waals surface area contributed by atoms with Crippen molar-refractivity contribution in [3.05, 3.63) is 70.6 Å². The molecule has 1 amide bonds. The molecular weight excluding hydrogens is 329 g/mol. The number of piperidine rings is 1. The van der Waals surface area contributed by atoms with Crippen LogP contribution >= 0.6 is 0 Å². The Morgan fingerprint density at radius 2 is 1.96 bits per heavy atom. The molecule has 1 saturated heterocycles. The fourth-order valence-electron chi connectivity index (χ4n) is 3.57. The lowest BCUT2D eigenvalue weighted by Gasteiger charge is -2.28. The first-order valence-electron chi connectivity index (χ1n) is 8.77. The average molecular weight is 347 g/mol. The van der Waals surface area contributed by atoms with Crippen molar-refractivity contribution in [3.8, 4) is 6.07 Å². The minimum absolute atomic E-state index is 0.0803. The van der Waals surface area contributed by atoms with Gasteiger partial charge in [-0.1, -0.05) is 24.3 Å². The highest BCUT2D eigenvalue weighted by atomic mass is 19.1. The average Bonchev–Trinajstić information content (AvgIpc) is 3.11. The number of nitrogens with zero attached hydrogens (tertiary/aromatic N) is 3. The maximum Gasteiger partial charge on any atom is 0.272 e. The van der Waals surface area contributed by atoms with E-state index in [-0.39, 0.29) is 11.8 Å². The molecule has 2 aliphatic rings. The molecule has 1 aliphatic carbocycles. The maximum absolute atomic E-state index is 13.3. The van der Waals surface area contributed by atoms with Gasteiger partial charge in [0.05, 0.1) is 11.6 Å². The number of alkyl halides is 1. The van der Waals surface area contributed by atoms with E-state index in [1.807, 2.05) is 24.3 Å². The number of allylic oxidation sites excluding steroid dienone is 1. The largest absolute Gasteiger partial charge is 0.337 e. The summed E-state index contributed by atoms with van der Waals surface area (Å²) in [4.78, 5) is 18.7. The number of likely N-dealkylation sites (tertiary alicyclic amines) is 1. The van der Waals surface area contributed by atoms with Gasteiger partial charge < -0.3 is 4.90 Å². The van der Waals surface area contributed by atoms with Crippen LogP contribution in [0.3, 0.4) is 0 Å². The third-order valence-corrected chi connectivity index (χ3v) is 5.10. The molecule has 130 valence electrons. The Labute approximate surface area is 151 Å². The summed E-state index contributed by atoms with van der Waals surface area (Å²) in [7, 11) is 0. The van der Waals surface area contributed by atoms with Crippen molar-refractivity contribution in [2.45, 2.75) is 24.9 Å². The van der Waals surface area contributed by atoms with Crippen molar-refractivity contribution >= 4 is 12.0 Å². The summed E-state index contributed by atoms with van der Waals surface area (Å²) in [6.45, 7) is 0.894. The fourth-order valence-corrected chi connectivity index (χ4v) is 3.57. The molecule has 0 bridgehead atoms. The first-order chi connectivity index (χ1) is 12.7. The summed E-state index contributed by atoms with van der Waals surface area (Å²) >= 11 is 0. The SMILES string of the molecule is N#Cc1ccc(C2C=Cc3cc(C(=O)N4CCC(F)CC4)ncc32)cc1. The van der Waals surface area contributed by atoms with E-state index >= 15 is 0 Å². The van der Waals surface area contributed by atoms with Gasteiger partial charge in [-0.15, -0.1) is 0 Å². The van der Waals surface area contributed by atoms with Crippen LogP contribution in [-0.4, -0.2) is 35.1 Å². The zero-order valence-corrected chi connectivity index (χ0v) is 14.2. The number of nitriles is 1. The van der Waals surface area contributed by atoms with Crippen LogP contribution in [0, 0.1) is 11.3 Å². The Morgan fingerprint density at radius 1 is 1.23 bits per heavy atom. The Morgan fingerprint density at radius 3 is 2.65 bits per heavy atom. The number of carbonyl (C=O) groups excluding carboxylic acids is 1. The van der Waals surface area contributed by atoms with Crippen LogP contribution < -0.4 is 0 Å². The molecular formula is C21H18FN3O. The molecule has 0 saturated carbocycles. The highest BCUT2D eigenvalue weighted by Gasteiger charge is 2.26. The highest BCUT2D eigenvalue weighted by molar-refractivity contribution is 5.93. The number of rotatable bonds is 2. The van der Waals surface area contributed by atoms with Gasteiger partial charge in [-0.2, -0.15) is 5.26 Å². The fraction of sp³-hybridized carbons (Fsp3) is 0.286. The van der Waals surface area contributed by atoms with E-state index in [2.05, 4.69) is 17.1 Å². The van der Waals surface area contributed by atoms with Gasteiger partial charge in [-0.25, -0.2) is 4.39 Å². The molecule has 1 unspecified atom stereocenters. The number of halogens is 1. The number of hydrogen-bond donors (Lipinski definition) is 0. The Hall–Kier alpha value is -3.00. The molecule has 1 atom stereocenters. The van der Waals surface area contributed by atoms with Gasteiger partial charge in [0.15, 0.2) is 0 Å². The number of fused-ring (bicyclic) bond motifs is 1. The highest BCUT2D eigenvalue weighted by Crippen LogP contribution is 2.35. The number of carbonyl (C=O) groups is 1. The smallest absolute Gasteiger partial charge is 0.272 e. The molecule has 0 radical (unpaired) electrons. The van der Waals surface area contributed by atoms with E-state index in [0.717, 1.165) is 16.7 Å². The molecule has 5 heteroatoms. The summed E-state index contributed by atoms with van der Waals surface area (Å²) in [6, 6.07) is 11.4. The van der Waals surface area contributed by atoms with Crippen molar-refractivity contribution in [1.82, 2.24) is 9.88 Å². The van der Waals surface area contributed by atoms with Crippen molar-refractivity contribution in [2.75, 3.05) is 13.1 Å². The lowest BCUT2D eigenvalue weighted by Crippen LogP contribution is -2.39. The lowest BCUT2D eigenvalue weighted by molar-refractivity contribution is 0.0661. The third-order valence-electron chi connectivity index (χ3n) is 5.10. The number of pyridine rings is 1. The van der Waals surface area contributed by atoms with Crippen LogP contribution in [0.15, 0.2) is 42.6 Å². The molecule has 2 aromatic rings. The Kier molecular flexibility index (Phi) is 4.26. The zero-order valence-electron chi connectivity index (χ0n) is 14.2. The van der Waals surface area contributed by atoms with Gasteiger partial charge in [0.1, 0.15) is 11.9 Å². The molecule has 4 nitrogen and oxygen atoms in total. The van der Waals surface area contributed by atoms with Gasteiger partial charge in [0.2, 0.25) is 0 Å². The van der Waals surface area contributed by atoms with E-state index in [9.17, 15) is 9.18 Å². The molecule has 1 fully saturated rings. The number of benzene rings is 1. The quantitative estimate of drug-likeness (QED) is 0.832. The minimum atomic E-state index is -0.803. The van der Waals surface area contributed by atoms with Crippen LogP contribution in [0.4, 0.5) is 4.39 Å². The van der Waals surface area contributed by atoms with E-state index in [4.69, 9.17) is 5.26 Å². The molecule has 1 aromatic carbocycles. The predicted octanol–water partition coefficient (Wildman–Crippen LogP) is 3.69. The molecule has 2 heterocycles. The van der Waals surface area contributed by atoms with Gasteiger partial charge in [-0.3, -0.25) is 9.78 Å². The number of amides is 1. The Bertz CT molecular complexity index is 906.